The Morgan fingerprint density at radius 2 is 0.735 bits per heavy atom. The molecule has 0 aliphatic heterocycles. The van der Waals surface area contributed by atoms with Gasteiger partial charge in [0.05, 0.1) is 71.3 Å². The number of ether oxygens (including phenoxy) is 4. The summed E-state index contributed by atoms with van der Waals surface area (Å²) in [7, 11) is 0. The molecule has 0 N–H and O–H groups in total. The molecule has 0 saturated heterocycles. The maximum absolute atomic E-state index is 11.1. The first-order chi connectivity index (χ1) is 49.9. The minimum absolute atomic E-state index is 0.314. The van der Waals surface area contributed by atoms with Crippen LogP contribution in [0.25, 0.3) is 56.4 Å². The number of carbonyl (C=O) groups is 4. The number of thiophene rings is 9. The van der Waals surface area contributed by atoms with Gasteiger partial charge in [-0.15, -0.1) is 102 Å². The predicted molar refractivity (Wildman–Crippen MR) is 448 cm³/mol. The molecular formula is C84H91BrO8S9. The van der Waals surface area contributed by atoms with E-state index in [0.29, 0.717) is 19.8 Å². The van der Waals surface area contributed by atoms with Crippen molar-refractivity contribution in [2.45, 2.75) is 200 Å². The second-order valence-corrected chi connectivity index (χ2v) is 35.6. The van der Waals surface area contributed by atoms with Gasteiger partial charge in [-0.25, -0.2) is 19.2 Å². The highest BCUT2D eigenvalue weighted by Crippen LogP contribution is 2.47. The van der Waals surface area contributed by atoms with E-state index in [9.17, 15) is 19.2 Å². The molecule has 1 aromatic carbocycles. The van der Waals surface area contributed by atoms with Crippen LogP contribution >= 0.6 is 118 Å². The van der Waals surface area contributed by atoms with Crippen LogP contribution in [0.3, 0.4) is 0 Å². The number of carbonyl (C=O) groups excluding carboxylic acids is 4. The van der Waals surface area contributed by atoms with Crippen molar-refractivity contribution in [3.8, 4) is 47.5 Å². The van der Waals surface area contributed by atoms with Gasteiger partial charge in [-0.3, -0.25) is 0 Å². The third-order valence-electron chi connectivity index (χ3n) is 16.4. The number of unbranched alkanes of at least 4 members (excludes halogenated alkanes) is 24. The van der Waals surface area contributed by atoms with E-state index in [4.69, 9.17) is 18.9 Å². The Morgan fingerprint density at radius 3 is 1.19 bits per heavy atom. The van der Waals surface area contributed by atoms with Gasteiger partial charge in [-0.05, 0) is 134 Å². The molecule has 18 heteroatoms. The normalized spacial score (nSPS) is 10.8. The van der Waals surface area contributed by atoms with Gasteiger partial charge in [0.2, 0.25) is 0 Å². The topological polar surface area (TPSA) is 105 Å². The van der Waals surface area contributed by atoms with Crippen LogP contribution in [-0.4, -0.2) is 43.7 Å². The van der Waals surface area contributed by atoms with E-state index in [2.05, 4.69) is 151 Å². The van der Waals surface area contributed by atoms with Crippen molar-refractivity contribution in [2.75, 3.05) is 19.8 Å². The van der Waals surface area contributed by atoms with Crippen molar-refractivity contribution in [1.82, 2.24) is 0 Å². The molecule has 9 heterocycles. The van der Waals surface area contributed by atoms with E-state index in [-0.39, 0.29) is 17.9 Å². The molecule has 8 nitrogen and oxygen atoms in total. The van der Waals surface area contributed by atoms with E-state index < -0.39 is 5.97 Å². The molecule has 10 aromatic rings. The van der Waals surface area contributed by atoms with Crippen LogP contribution in [0.1, 0.15) is 222 Å². The first-order valence-corrected chi connectivity index (χ1v) is 43.9. The van der Waals surface area contributed by atoms with E-state index in [1.807, 2.05) is 74.1 Å². The molecule has 0 atom stereocenters. The Bertz CT molecular complexity index is 4510. The smallest absolute Gasteiger partial charge is 0.344 e. The second-order valence-electron chi connectivity index (χ2n) is 24.5. The Balaban J connectivity index is 0.000000200. The monoisotopic (exact) mass is 1590 g/mol. The number of rotatable bonds is 38. The maximum Gasteiger partial charge on any atom is 0.344 e. The summed E-state index contributed by atoms with van der Waals surface area (Å²) >= 11 is 19.9. The fourth-order valence-corrected chi connectivity index (χ4v) is 23.2. The molecule has 0 spiro atoms. The molecule has 9 aromatic heterocycles. The maximum atomic E-state index is 11.1. The summed E-state index contributed by atoms with van der Waals surface area (Å²) in [5.74, 6) is 21.6. The van der Waals surface area contributed by atoms with E-state index >= 15 is 0 Å². The fraction of sp³-hybridized carbons (Fsp3) is 0.405. The van der Waals surface area contributed by atoms with Crippen molar-refractivity contribution in [1.29, 1.82) is 0 Å². The average molecular weight is 1600 g/mol. The zero-order chi connectivity index (χ0) is 71.9. The summed E-state index contributed by atoms with van der Waals surface area (Å²) in [6.45, 7) is 17.3. The molecule has 0 bridgehead atoms. The summed E-state index contributed by atoms with van der Waals surface area (Å²) in [5.41, 5.74) is 2.45. The number of aryl methyl sites for hydroxylation is 2. The van der Waals surface area contributed by atoms with Crippen LogP contribution in [0.5, 0.6) is 0 Å². The number of halogens is 1. The Kier molecular flexibility index (Phi) is 37.0. The van der Waals surface area contributed by atoms with E-state index in [1.165, 1.54) is 211 Å². The standard InChI is InChI=1S/C36H44O4S3.C28H24O2S3.C20H23BrO2S3/c1-3-33(37)39-25-21-17-13-9-5-7-11-15-19-23-29-27-31-35(41-29)36-32(43-31)28-30(42-36)24-20-16-12-8-6-10-14-18-22-26-40-34(38)4-2;1-3-5-6-7-8-9-20-10-12-21(13-11-20)14-15-22-18-24-27(31-22)28-25(33-24)19-23(32-28)16-17-30-26(29)4-2;1-2-18(22)23-11-9-7-5-3-4-6-8-10-14-12-15-19(24-14)20-16(25-15)13-17(21)26-20/h3-4,27-28H,1-2,5-18,21-22,25-26H2;4,10-13,18-19H,2-3,5-9H2,1H3;2,12-13H,1,3-11H2. The number of hydrogen-bond donors (Lipinski definition) is 0. The van der Waals surface area contributed by atoms with Crippen molar-refractivity contribution in [3.05, 3.63) is 151 Å². The van der Waals surface area contributed by atoms with Crippen molar-refractivity contribution in [3.63, 3.8) is 0 Å². The summed E-state index contributed by atoms with van der Waals surface area (Å²) in [6.07, 6.45) is 42.6. The highest BCUT2D eigenvalue weighted by molar-refractivity contribution is 9.11. The molecule has 536 valence electrons. The van der Waals surface area contributed by atoms with Gasteiger partial charge < -0.3 is 18.9 Å². The van der Waals surface area contributed by atoms with Gasteiger partial charge in [0.15, 0.2) is 0 Å². The van der Waals surface area contributed by atoms with E-state index in [1.54, 1.807) is 34.0 Å². The lowest BCUT2D eigenvalue weighted by molar-refractivity contribution is -0.138. The lowest BCUT2D eigenvalue weighted by Gasteiger charge is -2.03. The average Bonchev–Trinajstić information content (AvgIpc) is 1.63. The van der Waals surface area contributed by atoms with Gasteiger partial charge in [-0.1, -0.05) is 203 Å². The van der Waals surface area contributed by atoms with Gasteiger partial charge in [0.25, 0.3) is 0 Å². The third-order valence-corrected chi connectivity index (χ3v) is 28.0. The zero-order valence-electron chi connectivity index (χ0n) is 58.6. The fourth-order valence-electron chi connectivity index (χ4n) is 11.1. The van der Waals surface area contributed by atoms with Crippen LogP contribution in [-0.2, 0) is 51.0 Å². The summed E-state index contributed by atoms with van der Waals surface area (Å²) in [6, 6.07) is 22.0. The number of esters is 4. The highest BCUT2D eigenvalue weighted by atomic mass is 79.9. The number of fused-ring (bicyclic) bond motifs is 9. The largest absolute Gasteiger partial charge is 0.463 e. The molecule has 0 unspecified atom stereocenters. The zero-order valence-corrected chi connectivity index (χ0v) is 67.5. The lowest BCUT2D eigenvalue weighted by Crippen LogP contribution is -2.01. The molecule has 0 aliphatic rings. The summed E-state index contributed by atoms with van der Waals surface area (Å²) in [5, 5.41) is 0. The van der Waals surface area contributed by atoms with Crippen molar-refractivity contribution >= 4 is 198 Å². The SMILES string of the molecule is C=CC(=O)OC#Cc1cc2sc3cc(C#Cc4ccc(CCCCCCC)cc4)sc3c2s1.C=CC(=O)OCCCCCCCCCC#Cc1cc2sc3cc(C#CCCCCCCCCCOC(=O)C=C)sc3c2s1.C=CC(=O)OCCCCCCCCCc1cc2sc3cc(Br)sc3c2s1. The number of benzene rings is 1. The minimum atomic E-state index is -0.540. The molecule has 0 fully saturated rings. The molecule has 10 rings (SSSR count). The first kappa shape index (κ1) is 81.3. The minimum Gasteiger partial charge on any atom is -0.463 e. The van der Waals surface area contributed by atoms with Crippen LogP contribution in [0.15, 0.2) is 115 Å². The van der Waals surface area contributed by atoms with Crippen LogP contribution in [0.2, 0.25) is 0 Å². The summed E-state index contributed by atoms with van der Waals surface area (Å²) in [4.78, 5) is 49.8. The van der Waals surface area contributed by atoms with Gasteiger partial charge in [0, 0.05) is 75.8 Å². The Labute approximate surface area is 647 Å². The highest BCUT2D eigenvalue weighted by Gasteiger charge is 2.16. The van der Waals surface area contributed by atoms with Gasteiger partial charge in [-0.2, -0.15) is 0 Å². The van der Waals surface area contributed by atoms with Crippen molar-refractivity contribution in [2.24, 2.45) is 0 Å². The third kappa shape index (κ3) is 28.3. The van der Waals surface area contributed by atoms with E-state index in [0.717, 1.165) is 102 Å². The molecule has 0 radical (unpaired) electrons. The Morgan fingerprint density at radius 1 is 0.373 bits per heavy atom. The van der Waals surface area contributed by atoms with Crippen LogP contribution in [0.4, 0.5) is 0 Å². The molecule has 0 amide bonds. The predicted octanol–water partition coefficient (Wildman–Crippen LogP) is 26.7. The van der Waals surface area contributed by atoms with Crippen LogP contribution < -0.4 is 0 Å². The first-order valence-electron chi connectivity index (χ1n) is 35.8. The lowest BCUT2D eigenvalue weighted by atomic mass is 10.0. The molecule has 102 heavy (non-hydrogen) atoms. The van der Waals surface area contributed by atoms with Crippen molar-refractivity contribution < 1.29 is 38.1 Å². The Hall–Kier alpha value is -6.36. The summed E-state index contributed by atoms with van der Waals surface area (Å²) < 4.78 is 37.1. The molecule has 0 saturated carbocycles. The van der Waals surface area contributed by atoms with Gasteiger partial charge in [0.1, 0.15) is 6.11 Å². The van der Waals surface area contributed by atoms with Gasteiger partial charge >= 0.3 is 23.9 Å². The second kappa shape index (κ2) is 46.5. The quantitative estimate of drug-likeness (QED) is 0.0124. The van der Waals surface area contributed by atoms with Crippen LogP contribution in [0, 0.1) is 47.5 Å². The molecular weight excluding hydrogens is 1510 g/mol. The molecule has 0 aliphatic carbocycles. The number of hydrogen-bond acceptors (Lipinski definition) is 17.